The average Bonchev–Trinajstić information content (AvgIpc) is 2.45. The zero-order valence-corrected chi connectivity index (χ0v) is 12.1. The van der Waals surface area contributed by atoms with E-state index in [-0.39, 0.29) is 23.5 Å². The van der Waals surface area contributed by atoms with Crippen LogP contribution in [-0.2, 0) is 9.59 Å². The van der Waals surface area contributed by atoms with Crippen molar-refractivity contribution in [3.05, 3.63) is 29.8 Å². The van der Waals surface area contributed by atoms with E-state index in [1.54, 1.807) is 0 Å². The minimum absolute atomic E-state index is 0.0403. The predicted molar refractivity (Wildman–Crippen MR) is 76.8 cm³/mol. The van der Waals surface area contributed by atoms with Crippen molar-refractivity contribution in [2.24, 2.45) is 11.8 Å². The number of ketones is 1. The summed E-state index contributed by atoms with van der Waals surface area (Å²) in [7, 11) is 0. The van der Waals surface area contributed by atoms with Crippen LogP contribution in [0.25, 0.3) is 0 Å². The quantitative estimate of drug-likeness (QED) is 0.806. The molecule has 4 atom stereocenters. The third-order valence-electron chi connectivity index (χ3n) is 5.33. The summed E-state index contributed by atoms with van der Waals surface area (Å²) in [4.78, 5) is 24.6. The Kier molecular flexibility index (Phi) is 2.65. The Bertz CT molecular complexity index is 626. The fraction of sp³-hybridized carbons (Fsp3) is 0.529. The third-order valence-corrected chi connectivity index (χ3v) is 5.33. The van der Waals surface area contributed by atoms with E-state index in [1.165, 1.54) is 6.92 Å². The van der Waals surface area contributed by atoms with E-state index in [4.69, 9.17) is 4.74 Å². The summed E-state index contributed by atoms with van der Waals surface area (Å²) < 4.78 is 6.25. The highest BCUT2D eigenvalue weighted by molar-refractivity contribution is 6.02. The van der Waals surface area contributed by atoms with Crippen LogP contribution < -0.4 is 10.1 Å². The van der Waals surface area contributed by atoms with E-state index in [1.807, 2.05) is 24.3 Å². The number of hydrogen-bond donors (Lipinski definition) is 1. The second kappa shape index (κ2) is 4.33. The molecule has 0 aromatic heterocycles. The van der Waals surface area contributed by atoms with Crippen molar-refractivity contribution in [2.75, 3.05) is 0 Å². The molecular weight excluding hydrogens is 266 g/mol. The molecule has 0 unspecified atom stereocenters. The summed E-state index contributed by atoms with van der Waals surface area (Å²) in [6.07, 6.45) is 4.02. The lowest BCUT2D eigenvalue weighted by molar-refractivity contribution is -0.160. The molecule has 110 valence electrons. The number of carbonyl (C=O) groups excluding carboxylic acids is 2. The van der Waals surface area contributed by atoms with Gasteiger partial charge >= 0.3 is 0 Å². The lowest BCUT2D eigenvalue weighted by Crippen LogP contribution is -2.69. The molecule has 4 heteroatoms. The molecule has 1 amide bonds. The van der Waals surface area contributed by atoms with Gasteiger partial charge in [-0.2, -0.15) is 0 Å². The standard InChI is InChI=1S/C17H19NO3/c1-10(19)14-15-11-6-2-3-8-13(11)21-17(18-16(14)20)9-5-4-7-12(15)17/h2-3,6,8,12,14-15H,4-5,7,9H2,1H3,(H,18,20)/t12-,14+,15+,17-/m1/s1. The minimum atomic E-state index is -0.597. The number of fused-ring (bicyclic) bond motifs is 2. The molecule has 2 heterocycles. The van der Waals surface area contributed by atoms with Gasteiger partial charge in [-0.1, -0.05) is 24.6 Å². The molecular formula is C17H19NO3. The molecule has 0 spiro atoms. The van der Waals surface area contributed by atoms with Crippen LogP contribution in [-0.4, -0.2) is 17.4 Å². The number of nitrogens with one attached hydrogen (secondary N) is 1. The van der Waals surface area contributed by atoms with Gasteiger partial charge < -0.3 is 10.1 Å². The molecule has 2 aliphatic heterocycles. The number of Topliss-reactive ketones (excluding diaryl/α,β-unsaturated/α-hetero) is 1. The predicted octanol–water partition coefficient (Wildman–Crippen LogP) is 2.38. The van der Waals surface area contributed by atoms with Crippen LogP contribution in [0.4, 0.5) is 0 Å². The lowest BCUT2D eigenvalue weighted by Gasteiger charge is -2.56. The Labute approximate surface area is 123 Å². The van der Waals surface area contributed by atoms with Crippen molar-refractivity contribution >= 4 is 11.7 Å². The molecule has 2 fully saturated rings. The van der Waals surface area contributed by atoms with Crippen LogP contribution in [0.3, 0.4) is 0 Å². The van der Waals surface area contributed by atoms with Crippen molar-refractivity contribution in [3.63, 3.8) is 0 Å². The number of ether oxygens (including phenoxy) is 1. The highest BCUT2D eigenvalue weighted by Gasteiger charge is 2.59. The zero-order chi connectivity index (χ0) is 14.6. The molecule has 1 saturated carbocycles. The van der Waals surface area contributed by atoms with Crippen LogP contribution in [0.15, 0.2) is 24.3 Å². The SMILES string of the molecule is CC(=O)[C@@H]1C(=O)N[C@@]23CCCC[C@@H]2[C@@H]1c1ccccc1O3. The Morgan fingerprint density at radius 3 is 2.95 bits per heavy atom. The second-order valence-electron chi connectivity index (χ2n) is 6.49. The highest BCUT2D eigenvalue weighted by atomic mass is 16.5. The van der Waals surface area contributed by atoms with Crippen LogP contribution in [0, 0.1) is 11.8 Å². The number of hydrogen-bond acceptors (Lipinski definition) is 3. The normalized spacial score (nSPS) is 36.8. The second-order valence-corrected chi connectivity index (χ2v) is 6.49. The van der Waals surface area contributed by atoms with E-state index in [2.05, 4.69) is 5.32 Å². The van der Waals surface area contributed by atoms with Gasteiger partial charge in [0.05, 0.1) is 0 Å². The molecule has 1 aromatic carbocycles. The van der Waals surface area contributed by atoms with Crippen LogP contribution in [0.1, 0.15) is 44.1 Å². The summed E-state index contributed by atoms with van der Waals surface area (Å²) in [5.74, 6) is 0.195. The van der Waals surface area contributed by atoms with Gasteiger partial charge in [0, 0.05) is 18.3 Å². The van der Waals surface area contributed by atoms with E-state index in [9.17, 15) is 9.59 Å². The lowest BCUT2D eigenvalue weighted by atomic mass is 9.61. The van der Waals surface area contributed by atoms with E-state index >= 15 is 0 Å². The van der Waals surface area contributed by atoms with Gasteiger partial charge in [-0.3, -0.25) is 9.59 Å². The van der Waals surface area contributed by atoms with Gasteiger partial charge in [-0.15, -0.1) is 0 Å². The maximum Gasteiger partial charge on any atom is 0.234 e. The number of para-hydroxylation sites is 1. The fourth-order valence-electron chi connectivity index (χ4n) is 4.51. The highest BCUT2D eigenvalue weighted by Crippen LogP contribution is 2.55. The van der Waals surface area contributed by atoms with Crippen molar-refractivity contribution in [3.8, 4) is 5.75 Å². The Morgan fingerprint density at radius 2 is 2.14 bits per heavy atom. The van der Waals surface area contributed by atoms with Crippen molar-refractivity contribution < 1.29 is 14.3 Å². The number of piperidine rings is 1. The maximum absolute atomic E-state index is 12.5. The number of carbonyl (C=O) groups is 2. The van der Waals surface area contributed by atoms with Crippen molar-refractivity contribution in [1.82, 2.24) is 5.32 Å². The number of benzene rings is 1. The Hall–Kier alpha value is -1.84. The average molecular weight is 285 g/mol. The Morgan fingerprint density at radius 1 is 1.33 bits per heavy atom. The molecule has 1 aromatic rings. The maximum atomic E-state index is 12.5. The minimum Gasteiger partial charge on any atom is -0.467 e. The van der Waals surface area contributed by atoms with E-state index in [0.29, 0.717) is 0 Å². The molecule has 4 nitrogen and oxygen atoms in total. The fourth-order valence-corrected chi connectivity index (χ4v) is 4.51. The van der Waals surface area contributed by atoms with Crippen molar-refractivity contribution in [1.29, 1.82) is 0 Å². The monoisotopic (exact) mass is 285 g/mol. The van der Waals surface area contributed by atoms with E-state index in [0.717, 1.165) is 37.0 Å². The molecule has 1 aliphatic carbocycles. The molecule has 1 N–H and O–H groups in total. The molecule has 21 heavy (non-hydrogen) atoms. The third kappa shape index (κ3) is 1.68. The van der Waals surface area contributed by atoms with Gasteiger partial charge in [-0.05, 0) is 31.4 Å². The smallest absolute Gasteiger partial charge is 0.234 e. The summed E-state index contributed by atoms with van der Waals surface area (Å²) in [5, 5.41) is 3.05. The molecule has 3 aliphatic rings. The van der Waals surface area contributed by atoms with Crippen LogP contribution in [0.2, 0.25) is 0 Å². The summed E-state index contributed by atoms with van der Waals surface area (Å²) in [6.45, 7) is 1.53. The van der Waals surface area contributed by atoms with Crippen LogP contribution in [0.5, 0.6) is 5.75 Å². The first kappa shape index (κ1) is 12.9. The Balaban J connectivity index is 1.92. The number of rotatable bonds is 1. The first-order chi connectivity index (χ1) is 10.1. The van der Waals surface area contributed by atoms with Gasteiger partial charge in [0.2, 0.25) is 5.91 Å². The topological polar surface area (TPSA) is 55.4 Å². The van der Waals surface area contributed by atoms with Gasteiger partial charge in [-0.25, -0.2) is 0 Å². The molecule has 4 rings (SSSR count). The summed E-state index contributed by atoms with van der Waals surface area (Å²) in [5.41, 5.74) is 0.426. The van der Waals surface area contributed by atoms with Gasteiger partial charge in [0.15, 0.2) is 5.72 Å². The number of amides is 1. The molecule has 1 saturated heterocycles. The summed E-state index contributed by atoms with van der Waals surface area (Å²) >= 11 is 0. The largest absolute Gasteiger partial charge is 0.467 e. The van der Waals surface area contributed by atoms with Gasteiger partial charge in [0.1, 0.15) is 17.5 Å². The zero-order valence-electron chi connectivity index (χ0n) is 12.1. The van der Waals surface area contributed by atoms with Crippen LogP contribution >= 0.6 is 0 Å². The molecule has 2 bridgehead atoms. The summed E-state index contributed by atoms with van der Waals surface area (Å²) in [6, 6.07) is 7.86. The van der Waals surface area contributed by atoms with Gasteiger partial charge in [0.25, 0.3) is 0 Å². The van der Waals surface area contributed by atoms with E-state index < -0.39 is 11.6 Å². The van der Waals surface area contributed by atoms with Crippen molar-refractivity contribution in [2.45, 2.75) is 44.2 Å². The first-order valence-corrected chi connectivity index (χ1v) is 7.73. The molecule has 0 radical (unpaired) electrons. The first-order valence-electron chi connectivity index (χ1n) is 7.73.